The minimum atomic E-state index is 1.04. The lowest BCUT2D eigenvalue weighted by Crippen LogP contribution is -2.02. The standard InChI is InChI=1S/C38H42N2/c1-4-6-8-14-26-39-35-24-12-10-18-31(35)33-22-16-20-29(37(33)39)28(3)30-21-17-23-34-32-19-11-13-25-36(32)40(38(30)34)27-15-9-7-5-2/h10-13,16-25H,3-9,14-15,26-27H2,1-2H3. The summed E-state index contributed by atoms with van der Waals surface area (Å²) in [5.74, 6) is 0. The average Bonchev–Trinajstić information content (AvgIpc) is 3.50. The van der Waals surface area contributed by atoms with Gasteiger partial charge >= 0.3 is 0 Å². The van der Waals surface area contributed by atoms with Crippen LogP contribution in [0.25, 0.3) is 49.2 Å². The highest BCUT2D eigenvalue weighted by atomic mass is 15.0. The van der Waals surface area contributed by atoms with Gasteiger partial charge in [0.2, 0.25) is 0 Å². The van der Waals surface area contributed by atoms with Gasteiger partial charge < -0.3 is 9.13 Å². The van der Waals surface area contributed by atoms with E-state index in [9.17, 15) is 0 Å². The molecule has 0 amide bonds. The number of fused-ring (bicyclic) bond motifs is 6. The number of benzene rings is 4. The fourth-order valence-electron chi connectivity index (χ4n) is 6.71. The molecule has 0 aliphatic carbocycles. The highest BCUT2D eigenvalue weighted by Crippen LogP contribution is 2.40. The van der Waals surface area contributed by atoms with Crippen molar-refractivity contribution in [2.24, 2.45) is 0 Å². The Kier molecular flexibility index (Phi) is 7.77. The van der Waals surface area contributed by atoms with Crippen LogP contribution in [0.1, 0.15) is 76.3 Å². The third-order valence-corrected chi connectivity index (χ3v) is 8.70. The van der Waals surface area contributed by atoms with Gasteiger partial charge in [0.1, 0.15) is 0 Å². The number of nitrogens with zero attached hydrogens (tertiary/aromatic N) is 2. The summed E-state index contributed by atoms with van der Waals surface area (Å²) in [5, 5.41) is 5.34. The second-order valence-electron chi connectivity index (χ2n) is 11.3. The maximum atomic E-state index is 4.81. The van der Waals surface area contributed by atoms with Gasteiger partial charge in [-0.05, 0) is 30.5 Å². The zero-order valence-corrected chi connectivity index (χ0v) is 24.3. The van der Waals surface area contributed by atoms with Crippen molar-refractivity contribution in [2.75, 3.05) is 0 Å². The first-order chi connectivity index (χ1) is 19.7. The van der Waals surface area contributed by atoms with Gasteiger partial charge in [0.25, 0.3) is 0 Å². The van der Waals surface area contributed by atoms with Crippen molar-refractivity contribution in [1.29, 1.82) is 0 Å². The molecule has 6 rings (SSSR count). The molecule has 2 nitrogen and oxygen atoms in total. The second-order valence-corrected chi connectivity index (χ2v) is 11.3. The molecule has 204 valence electrons. The smallest absolute Gasteiger partial charge is 0.0571 e. The predicted octanol–water partition coefficient (Wildman–Crippen LogP) is 11.1. The first-order valence-electron chi connectivity index (χ1n) is 15.4. The molecule has 0 aliphatic heterocycles. The van der Waals surface area contributed by atoms with Gasteiger partial charge in [-0.1, -0.05) is 132 Å². The van der Waals surface area contributed by atoms with Gasteiger partial charge in [-0.15, -0.1) is 0 Å². The molecular formula is C38H42N2. The molecule has 4 aromatic carbocycles. The molecule has 0 saturated carbocycles. The van der Waals surface area contributed by atoms with Crippen LogP contribution in [-0.2, 0) is 13.1 Å². The zero-order chi connectivity index (χ0) is 27.5. The van der Waals surface area contributed by atoms with Crippen LogP contribution in [0.3, 0.4) is 0 Å². The highest BCUT2D eigenvalue weighted by Gasteiger charge is 2.20. The van der Waals surface area contributed by atoms with Gasteiger partial charge in [0.05, 0.1) is 11.0 Å². The Hall–Kier alpha value is -3.78. The fourth-order valence-corrected chi connectivity index (χ4v) is 6.71. The SMILES string of the molecule is C=C(c1cccc2c3ccccc3n(CCCCCC)c12)c1cccc2c3ccccc3n(CCCCCC)c12. The first-order valence-corrected chi connectivity index (χ1v) is 15.4. The predicted molar refractivity (Wildman–Crippen MR) is 175 cm³/mol. The molecule has 0 bridgehead atoms. The molecule has 0 fully saturated rings. The number of aromatic nitrogens is 2. The molecule has 0 spiro atoms. The number of hydrogen-bond acceptors (Lipinski definition) is 0. The lowest BCUT2D eigenvalue weighted by atomic mass is 9.95. The van der Waals surface area contributed by atoms with Crippen LogP contribution in [0.2, 0.25) is 0 Å². The third-order valence-electron chi connectivity index (χ3n) is 8.70. The van der Waals surface area contributed by atoms with E-state index < -0.39 is 0 Å². The summed E-state index contributed by atoms with van der Waals surface area (Å²) in [6.07, 6.45) is 10.0. The van der Waals surface area contributed by atoms with E-state index in [1.165, 1.54) is 106 Å². The Balaban J connectivity index is 1.53. The highest BCUT2D eigenvalue weighted by molar-refractivity contribution is 6.15. The van der Waals surface area contributed by atoms with Crippen LogP contribution in [0.5, 0.6) is 0 Å². The normalized spacial score (nSPS) is 11.8. The van der Waals surface area contributed by atoms with E-state index in [0.29, 0.717) is 0 Å². The van der Waals surface area contributed by atoms with Crippen molar-refractivity contribution in [3.63, 3.8) is 0 Å². The summed E-state index contributed by atoms with van der Waals surface area (Å²) in [6.45, 7) is 11.5. The van der Waals surface area contributed by atoms with Crippen LogP contribution in [0.15, 0.2) is 91.5 Å². The van der Waals surface area contributed by atoms with Gasteiger partial charge in [-0.2, -0.15) is 0 Å². The third kappa shape index (κ3) is 4.64. The maximum absolute atomic E-state index is 4.81. The van der Waals surface area contributed by atoms with E-state index in [1.807, 2.05) is 0 Å². The van der Waals surface area contributed by atoms with E-state index in [2.05, 4.69) is 108 Å². The Morgan fingerprint density at radius 3 is 1.38 bits per heavy atom. The van der Waals surface area contributed by atoms with Gasteiger partial charge in [-0.3, -0.25) is 0 Å². The Labute approximate surface area is 238 Å². The second kappa shape index (κ2) is 11.8. The minimum absolute atomic E-state index is 1.04. The monoisotopic (exact) mass is 526 g/mol. The summed E-state index contributed by atoms with van der Waals surface area (Å²) in [5.41, 5.74) is 8.93. The van der Waals surface area contributed by atoms with Crippen LogP contribution in [-0.4, -0.2) is 9.13 Å². The van der Waals surface area contributed by atoms with Crippen LogP contribution in [0.4, 0.5) is 0 Å². The van der Waals surface area contributed by atoms with Crippen LogP contribution < -0.4 is 0 Å². The van der Waals surface area contributed by atoms with Gasteiger partial charge in [0, 0.05) is 56.8 Å². The molecule has 0 radical (unpaired) electrons. The number of aryl methyl sites for hydroxylation is 2. The van der Waals surface area contributed by atoms with E-state index >= 15 is 0 Å². The molecule has 6 aromatic rings. The Bertz CT molecular complexity index is 1660. The van der Waals surface area contributed by atoms with Crippen molar-refractivity contribution in [3.05, 3.63) is 103 Å². The van der Waals surface area contributed by atoms with E-state index in [-0.39, 0.29) is 0 Å². The summed E-state index contributed by atoms with van der Waals surface area (Å²) >= 11 is 0. The molecule has 0 N–H and O–H groups in total. The largest absolute Gasteiger partial charge is 0.340 e. The fraction of sp³-hybridized carbons (Fsp3) is 0.316. The quantitative estimate of drug-likeness (QED) is 0.140. The Morgan fingerprint density at radius 2 is 0.925 bits per heavy atom. The van der Waals surface area contributed by atoms with Crippen molar-refractivity contribution in [3.8, 4) is 0 Å². The minimum Gasteiger partial charge on any atom is -0.340 e. The van der Waals surface area contributed by atoms with Gasteiger partial charge in [-0.25, -0.2) is 0 Å². The molecule has 0 aliphatic rings. The van der Waals surface area contributed by atoms with Gasteiger partial charge in [0.15, 0.2) is 0 Å². The lowest BCUT2D eigenvalue weighted by Gasteiger charge is -2.16. The molecule has 2 aromatic heterocycles. The molecule has 2 heteroatoms. The number of rotatable bonds is 12. The van der Waals surface area contributed by atoms with E-state index in [0.717, 1.165) is 18.7 Å². The zero-order valence-electron chi connectivity index (χ0n) is 24.3. The summed E-state index contributed by atoms with van der Waals surface area (Å²) < 4.78 is 5.14. The summed E-state index contributed by atoms with van der Waals surface area (Å²) in [6, 6.07) is 31.4. The number of para-hydroxylation sites is 4. The molecule has 0 unspecified atom stereocenters. The molecule has 40 heavy (non-hydrogen) atoms. The summed E-state index contributed by atoms with van der Waals surface area (Å²) in [4.78, 5) is 0. The molecule has 0 saturated heterocycles. The van der Waals surface area contributed by atoms with Crippen molar-refractivity contribution in [1.82, 2.24) is 9.13 Å². The van der Waals surface area contributed by atoms with Crippen LogP contribution >= 0.6 is 0 Å². The van der Waals surface area contributed by atoms with Crippen LogP contribution in [0, 0.1) is 0 Å². The number of hydrogen-bond donors (Lipinski definition) is 0. The van der Waals surface area contributed by atoms with E-state index in [1.54, 1.807) is 0 Å². The van der Waals surface area contributed by atoms with Crippen molar-refractivity contribution >= 4 is 49.2 Å². The first kappa shape index (κ1) is 26.4. The maximum Gasteiger partial charge on any atom is 0.0571 e. The molecular weight excluding hydrogens is 484 g/mol. The number of unbranched alkanes of at least 4 members (excludes halogenated alkanes) is 6. The Morgan fingerprint density at radius 1 is 0.500 bits per heavy atom. The lowest BCUT2D eigenvalue weighted by molar-refractivity contribution is 0.602. The molecule has 0 atom stereocenters. The topological polar surface area (TPSA) is 9.86 Å². The van der Waals surface area contributed by atoms with E-state index in [4.69, 9.17) is 6.58 Å². The van der Waals surface area contributed by atoms with Crippen molar-refractivity contribution in [2.45, 2.75) is 78.3 Å². The summed E-state index contributed by atoms with van der Waals surface area (Å²) in [7, 11) is 0. The molecule has 2 heterocycles. The van der Waals surface area contributed by atoms with Crippen molar-refractivity contribution < 1.29 is 0 Å². The average molecular weight is 527 g/mol.